The predicted molar refractivity (Wildman–Crippen MR) is 179 cm³/mol. The molecule has 7 aromatic rings. The zero-order valence-corrected chi connectivity index (χ0v) is 29.7. The topological polar surface area (TPSA) is 3.88 Å². The molecule has 0 amide bonds. The summed E-state index contributed by atoms with van der Waals surface area (Å²) in [5.74, 6) is -71.4. The number of benzene rings is 6. The van der Waals surface area contributed by atoms with Crippen molar-refractivity contribution < 1.29 is 92.4 Å². The highest BCUT2D eigenvalue weighted by atomic mass is 19.2. The Hall–Kier alpha value is -6.61. The standard InChI is InChI=1S/C24BF20.C16H14N/c26-5-1(6(27)14(35)21(42)13(5)34)25(2-7(28)15(36)22(43)16(37)8(2)29,3-9(30)17(38)23(44)18(39)10(3)31)4-11(32)19(40)24(45)20(41)12(4)33;1-2-7-14(8-3-1)13-17-12-6-10-15-9-4-5-11-16(15)17/h;1-12H,13H2/q-1;+1. The highest BCUT2D eigenvalue weighted by Crippen LogP contribution is 2.30. The molecule has 0 aliphatic carbocycles. The SMILES string of the molecule is Fc1c(F)c(F)c([B-](c2c(F)c(F)c(F)c(F)c2F)(c2c(F)c(F)c(F)c(F)c2F)c2c(F)c(F)c(F)c(F)c2F)c(F)c1F.c1ccc(C[n+]2cccc3ccccc32)cc1. The van der Waals surface area contributed by atoms with E-state index in [9.17, 15) is 52.7 Å². The summed E-state index contributed by atoms with van der Waals surface area (Å²) >= 11 is 0. The molecule has 0 saturated heterocycles. The first-order chi connectivity index (χ1) is 29.1. The van der Waals surface area contributed by atoms with Gasteiger partial charge in [0.05, 0.1) is 0 Å². The third-order valence-corrected chi connectivity index (χ3v) is 9.69. The lowest BCUT2D eigenvalue weighted by molar-refractivity contribution is -0.662. The van der Waals surface area contributed by atoms with Crippen molar-refractivity contribution in [1.29, 1.82) is 0 Å². The van der Waals surface area contributed by atoms with Gasteiger partial charge in [0.2, 0.25) is 5.52 Å². The summed E-state index contributed by atoms with van der Waals surface area (Å²) < 4.78 is 296. The molecule has 0 saturated carbocycles. The number of nitrogens with zero attached hydrogens (tertiary/aromatic N) is 1. The fourth-order valence-corrected chi connectivity index (χ4v) is 7.01. The quantitative estimate of drug-likeness (QED) is 0.0517. The van der Waals surface area contributed by atoms with E-state index in [0.29, 0.717) is 0 Å². The first-order valence-corrected chi connectivity index (χ1v) is 16.8. The highest BCUT2D eigenvalue weighted by Gasteiger charge is 2.52. The molecule has 0 aliphatic heterocycles. The molecule has 22 heteroatoms. The molecular formula is C40H14BF20N. The summed E-state index contributed by atoms with van der Waals surface area (Å²) in [5, 5.41) is 1.28. The van der Waals surface area contributed by atoms with Crippen LogP contribution in [0.4, 0.5) is 87.8 Å². The van der Waals surface area contributed by atoms with Gasteiger partial charge in [-0.1, -0.05) is 42.5 Å². The van der Waals surface area contributed by atoms with Crippen LogP contribution in [-0.4, -0.2) is 6.15 Å². The molecule has 0 unspecified atom stereocenters. The number of fused-ring (bicyclic) bond motifs is 1. The smallest absolute Gasteiger partial charge is 0.207 e. The summed E-state index contributed by atoms with van der Waals surface area (Å²) in [5.41, 5.74) is -11.7. The van der Waals surface area contributed by atoms with Crippen LogP contribution in [0.2, 0.25) is 0 Å². The third kappa shape index (κ3) is 6.84. The molecule has 0 aliphatic rings. The molecule has 1 heterocycles. The lowest BCUT2D eigenvalue weighted by Crippen LogP contribution is -2.81. The van der Waals surface area contributed by atoms with Crippen molar-refractivity contribution >= 4 is 38.9 Å². The molecule has 6 aromatic carbocycles. The van der Waals surface area contributed by atoms with Gasteiger partial charge in [-0.05, 0) is 12.1 Å². The van der Waals surface area contributed by atoms with Crippen LogP contribution in [0.1, 0.15) is 5.56 Å². The van der Waals surface area contributed by atoms with Crippen molar-refractivity contribution in [3.63, 3.8) is 0 Å². The van der Waals surface area contributed by atoms with E-state index in [1.54, 1.807) is 0 Å². The first kappa shape index (κ1) is 44.9. The van der Waals surface area contributed by atoms with Crippen molar-refractivity contribution in [2.45, 2.75) is 6.54 Å². The van der Waals surface area contributed by atoms with Gasteiger partial charge in [-0.3, -0.25) is 0 Å². The maximum atomic E-state index is 15.4. The number of para-hydroxylation sites is 1. The summed E-state index contributed by atoms with van der Waals surface area (Å²) in [6.07, 6.45) is -5.08. The van der Waals surface area contributed by atoms with E-state index in [-0.39, 0.29) is 0 Å². The minimum absolute atomic E-state index is 0.919. The van der Waals surface area contributed by atoms with Crippen LogP contribution < -0.4 is 26.4 Å². The third-order valence-electron chi connectivity index (χ3n) is 9.69. The Balaban J connectivity index is 0.000000311. The molecule has 62 heavy (non-hydrogen) atoms. The number of halogens is 20. The molecule has 0 radical (unpaired) electrons. The molecule has 0 bridgehead atoms. The number of pyridine rings is 1. The molecule has 1 aromatic heterocycles. The fraction of sp³-hybridized carbons (Fsp3) is 0.0250. The predicted octanol–water partition coefficient (Wildman–Crippen LogP) is 9.02. The lowest BCUT2D eigenvalue weighted by atomic mass is 9.12. The molecule has 322 valence electrons. The van der Waals surface area contributed by atoms with Crippen molar-refractivity contribution in [3.05, 3.63) is 195 Å². The Labute approximate surface area is 332 Å². The average molecular weight is 899 g/mol. The van der Waals surface area contributed by atoms with Gasteiger partial charge in [-0.2, -0.15) is 4.57 Å². The second-order valence-electron chi connectivity index (χ2n) is 13.0. The van der Waals surface area contributed by atoms with Gasteiger partial charge in [0.15, 0.2) is 82.5 Å². The van der Waals surface area contributed by atoms with E-state index in [2.05, 4.69) is 77.5 Å². The number of aromatic nitrogens is 1. The van der Waals surface area contributed by atoms with E-state index >= 15 is 35.1 Å². The Kier molecular flexibility index (Phi) is 12.1. The van der Waals surface area contributed by atoms with Crippen LogP contribution in [0.3, 0.4) is 0 Å². The van der Waals surface area contributed by atoms with E-state index in [1.165, 1.54) is 16.5 Å². The van der Waals surface area contributed by atoms with Gasteiger partial charge < -0.3 is 0 Å². The molecule has 7 rings (SSSR count). The summed E-state index contributed by atoms with van der Waals surface area (Å²) in [6, 6.07) is 23.3. The van der Waals surface area contributed by atoms with Gasteiger partial charge >= 0.3 is 0 Å². The maximum Gasteiger partial charge on any atom is 0.212 e. The number of rotatable bonds is 6. The van der Waals surface area contributed by atoms with Crippen LogP contribution in [0.15, 0.2) is 72.9 Å². The Morgan fingerprint density at radius 1 is 0.290 bits per heavy atom. The average Bonchev–Trinajstić information content (AvgIpc) is 3.27. The number of hydrogen-bond acceptors (Lipinski definition) is 0. The van der Waals surface area contributed by atoms with Gasteiger partial charge in [0.1, 0.15) is 52.7 Å². The number of hydrogen-bond donors (Lipinski definition) is 0. The molecule has 0 fully saturated rings. The molecule has 0 N–H and O–H groups in total. The second kappa shape index (κ2) is 16.7. The van der Waals surface area contributed by atoms with Gasteiger partial charge in [0.25, 0.3) is 0 Å². The van der Waals surface area contributed by atoms with Crippen LogP contribution in [-0.2, 0) is 6.54 Å². The zero-order chi connectivity index (χ0) is 45.9. The minimum atomic E-state index is -7.22. The minimum Gasteiger partial charge on any atom is -0.207 e. The van der Waals surface area contributed by atoms with Crippen LogP contribution in [0.25, 0.3) is 10.9 Å². The lowest BCUT2D eigenvalue weighted by Gasteiger charge is -2.44. The first-order valence-electron chi connectivity index (χ1n) is 16.8. The van der Waals surface area contributed by atoms with Crippen molar-refractivity contribution in [2.75, 3.05) is 0 Å². The van der Waals surface area contributed by atoms with Crippen molar-refractivity contribution in [2.24, 2.45) is 0 Å². The normalized spacial score (nSPS) is 11.6. The van der Waals surface area contributed by atoms with Gasteiger partial charge in [-0.15, -0.1) is 21.9 Å². The Morgan fingerprint density at radius 3 is 0.871 bits per heavy atom. The maximum absolute atomic E-state index is 15.4. The highest BCUT2D eigenvalue weighted by molar-refractivity contribution is 7.20. The summed E-state index contributed by atoms with van der Waals surface area (Å²) in [7, 11) is 0. The van der Waals surface area contributed by atoms with Gasteiger partial charge in [0, 0.05) is 23.1 Å². The summed E-state index contributed by atoms with van der Waals surface area (Å²) in [4.78, 5) is 0. The summed E-state index contributed by atoms with van der Waals surface area (Å²) in [6.45, 7) is 0.919. The molecule has 0 spiro atoms. The molecular weight excluding hydrogens is 885 g/mol. The molecule has 1 nitrogen and oxygen atoms in total. The van der Waals surface area contributed by atoms with E-state index in [4.69, 9.17) is 0 Å². The van der Waals surface area contributed by atoms with Crippen molar-refractivity contribution in [3.8, 4) is 0 Å². The van der Waals surface area contributed by atoms with E-state index in [1.807, 2.05) is 0 Å². The monoisotopic (exact) mass is 899 g/mol. The van der Waals surface area contributed by atoms with E-state index in [0.717, 1.165) is 6.54 Å². The largest absolute Gasteiger partial charge is 0.212 e. The van der Waals surface area contributed by atoms with Gasteiger partial charge in [-0.25, -0.2) is 87.8 Å². The Morgan fingerprint density at radius 2 is 0.548 bits per heavy atom. The van der Waals surface area contributed by atoms with Crippen LogP contribution in [0, 0.1) is 116 Å². The van der Waals surface area contributed by atoms with Crippen LogP contribution >= 0.6 is 0 Å². The Bertz CT molecular complexity index is 2550. The second-order valence-corrected chi connectivity index (χ2v) is 13.0. The molecule has 0 atom stereocenters. The van der Waals surface area contributed by atoms with E-state index < -0.39 is 144 Å². The van der Waals surface area contributed by atoms with Crippen LogP contribution in [0.5, 0.6) is 0 Å². The fourth-order valence-electron chi connectivity index (χ4n) is 7.01. The van der Waals surface area contributed by atoms with Crippen molar-refractivity contribution in [1.82, 2.24) is 0 Å². The zero-order valence-electron chi connectivity index (χ0n) is 29.7.